The lowest BCUT2D eigenvalue weighted by Gasteiger charge is -2.25. The molecule has 4 rings (SSSR count). The number of cyclic esters (lactones) is 1. The number of hydrogen-bond acceptors (Lipinski definition) is 5. The Hall–Kier alpha value is -3.39. The molecule has 2 unspecified atom stereocenters. The number of rotatable bonds is 9. The number of likely N-dealkylation sites (tertiary alicyclic amines) is 1. The van der Waals surface area contributed by atoms with E-state index in [4.69, 9.17) is 4.74 Å². The Morgan fingerprint density at radius 3 is 2.51 bits per heavy atom. The second-order valence-corrected chi connectivity index (χ2v) is 9.23. The molecule has 0 bridgehead atoms. The first-order valence-corrected chi connectivity index (χ1v) is 12.4. The van der Waals surface area contributed by atoms with E-state index in [0.717, 1.165) is 30.8 Å². The first-order chi connectivity index (χ1) is 16.9. The lowest BCUT2D eigenvalue weighted by Crippen LogP contribution is -2.47. The maximum absolute atomic E-state index is 13.4. The number of benzene rings is 2. The summed E-state index contributed by atoms with van der Waals surface area (Å²) in [5.41, 5.74) is 3.39. The van der Waals surface area contributed by atoms with Crippen molar-refractivity contribution in [2.24, 2.45) is 0 Å². The number of ether oxygens (including phenoxy) is 1. The van der Waals surface area contributed by atoms with Gasteiger partial charge in [-0.1, -0.05) is 48.9 Å². The SMILES string of the molecule is CCC(=O)Nc1ccc(C2OC(=O)N(Cc3cccc(C)c3)C2C(=O)NCCN2CCCC2)cc1. The fourth-order valence-corrected chi connectivity index (χ4v) is 4.67. The molecule has 8 nitrogen and oxygen atoms in total. The Balaban J connectivity index is 1.53. The number of carbonyl (C=O) groups is 3. The van der Waals surface area contributed by atoms with E-state index in [1.54, 1.807) is 31.2 Å². The molecule has 2 fully saturated rings. The average Bonchev–Trinajstić information content (AvgIpc) is 3.47. The molecular formula is C27H34N4O4. The van der Waals surface area contributed by atoms with Gasteiger partial charge in [0.2, 0.25) is 11.8 Å². The first-order valence-electron chi connectivity index (χ1n) is 12.4. The van der Waals surface area contributed by atoms with Crippen LogP contribution in [0.3, 0.4) is 0 Å². The predicted molar refractivity (Wildman–Crippen MR) is 134 cm³/mol. The minimum Gasteiger partial charge on any atom is -0.438 e. The van der Waals surface area contributed by atoms with Gasteiger partial charge in [0, 0.05) is 25.2 Å². The van der Waals surface area contributed by atoms with E-state index in [0.29, 0.717) is 24.2 Å². The third-order valence-corrected chi connectivity index (χ3v) is 6.56. The zero-order valence-corrected chi connectivity index (χ0v) is 20.5. The Morgan fingerprint density at radius 1 is 1.09 bits per heavy atom. The number of carbonyl (C=O) groups excluding carboxylic acids is 3. The van der Waals surface area contributed by atoms with Crippen LogP contribution in [0.4, 0.5) is 10.5 Å². The van der Waals surface area contributed by atoms with Gasteiger partial charge in [0.1, 0.15) is 0 Å². The standard InChI is InChI=1S/C27H34N4O4/c1-3-23(32)29-22-11-9-21(10-12-22)25-24(26(33)28-13-16-30-14-4-5-15-30)31(27(34)35-25)18-20-8-6-7-19(2)17-20/h6-12,17,24-25H,3-5,13-16,18H2,1-2H3,(H,28,33)(H,29,32). The molecule has 2 aliphatic rings. The second kappa shape index (κ2) is 11.4. The van der Waals surface area contributed by atoms with Crippen molar-refractivity contribution in [3.05, 3.63) is 65.2 Å². The number of amides is 3. The molecule has 0 aromatic heterocycles. The normalized spacial score (nSPS) is 20.1. The van der Waals surface area contributed by atoms with E-state index in [1.165, 1.54) is 17.7 Å². The van der Waals surface area contributed by atoms with Crippen molar-refractivity contribution < 1.29 is 19.1 Å². The summed E-state index contributed by atoms with van der Waals surface area (Å²) < 4.78 is 5.75. The lowest BCUT2D eigenvalue weighted by atomic mass is 10.00. The van der Waals surface area contributed by atoms with Crippen molar-refractivity contribution in [3.63, 3.8) is 0 Å². The molecule has 186 valence electrons. The lowest BCUT2D eigenvalue weighted by molar-refractivity contribution is -0.126. The van der Waals surface area contributed by atoms with E-state index in [9.17, 15) is 14.4 Å². The molecule has 2 N–H and O–H groups in total. The van der Waals surface area contributed by atoms with Crippen LogP contribution in [0.5, 0.6) is 0 Å². The monoisotopic (exact) mass is 478 g/mol. The van der Waals surface area contributed by atoms with Gasteiger partial charge < -0.3 is 20.3 Å². The third-order valence-electron chi connectivity index (χ3n) is 6.56. The van der Waals surface area contributed by atoms with Crippen LogP contribution in [0, 0.1) is 6.92 Å². The molecule has 0 spiro atoms. The zero-order chi connectivity index (χ0) is 24.8. The molecule has 35 heavy (non-hydrogen) atoms. The number of anilines is 1. The number of nitrogens with one attached hydrogen (secondary N) is 2. The summed E-state index contributed by atoms with van der Waals surface area (Å²) in [4.78, 5) is 41.9. The number of aryl methyl sites for hydroxylation is 1. The molecule has 2 heterocycles. The molecule has 0 aliphatic carbocycles. The molecule has 0 saturated carbocycles. The van der Waals surface area contributed by atoms with Crippen molar-refractivity contribution in [3.8, 4) is 0 Å². The predicted octanol–water partition coefficient (Wildman–Crippen LogP) is 3.62. The summed E-state index contributed by atoms with van der Waals surface area (Å²) in [6.45, 7) is 7.51. The third kappa shape index (κ3) is 6.19. The summed E-state index contributed by atoms with van der Waals surface area (Å²) in [5, 5.41) is 5.84. The van der Waals surface area contributed by atoms with Crippen LogP contribution in [0.2, 0.25) is 0 Å². The molecule has 2 aromatic carbocycles. The Kier molecular flexibility index (Phi) is 8.02. The Labute approximate surface area is 206 Å². The minimum absolute atomic E-state index is 0.0790. The van der Waals surface area contributed by atoms with Crippen LogP contribution < -0.4 is 10.6 Å². The van der Waals surface area contributed by atoms with Crippen LogP contribution in [-0.4, -0.2) is 59.9 Å². The zero-order valence-electron chi connectivity index (χ0n) is 20.5. The second-order valence-electron chi connectivity index (χ2n) is 9.23. The fourth-order valence-electron chi connectivity index (χ4n) is 4.67. The van der Waals surface area contributed by atoms with Crippen molar-refractivity contribution in [1.82, 2.24) is 15.1 Å². The van der Waals surface area contributed by atoms with Gasteiger partial charge in [-0.15, -0.1) is 0 Å². The highest BCUT2D eigenvalue weighted by Gasteiger charge is 2.46. The van der Waals surface area contributed by atoms with Crippen molar-refractivity contribution in [2.45, 2.75) is 51.8 Å². The van der Waals surface area contributed by atoms with Crippen LogP contribution >= 0.6 is 0 Å². The van der Waals surface area contributed by atoms with Gasteiger partial charge in [-0.05, 0) is 56.1 Å². The molecule has 3 amide bonds. The summed E-state index contributed by atoms with van der Waals surface area (Å²) >= 11 is 0. The summed E-state index contributed by atoms with van der Waals surface area (Å²) in [6, 6.07) is 14.2. The van der Waals surface area contributed by atoms with Gasteiger partial charge in [-0.25, -0.2) is 4.79 Å². The van der Waals surface area contributed by atoms with Gasteiger partial charge >= 0.3 is 6.09 Å². The van der Waals surface area contributed by atoms with Crippen molar-refractivity contribution in [2.75, 3.05) is 31.5 Å². The topological polar surface area (TPSA) is 91.0 Å². The van der Waals surface area contributed by atoms with Crippen molar-refractivity contribution in [1.29, 1.82) is 0 Å². The quantitative estimate of drug-likeness (QED) is 0.575. The summed E-state index contributed by atoms with van der Waals surface area (Å²) in [6.07, 6.45) is 1.52. The van der Waals surface area contributed by atoms with Gasteiger partial charge in [0.05, 0.1) is 6.54 Å². The molecule has 2 aromatic rings. The highest BCUT2D eigenvalue weighted by molar-refractivity contribution is 5.91. The van der Waals surface area contributed by atoms with Gasteiger partial charge in [-0.2, -0.15) is 0 Å². The molecular weight excluding hydrogens is 444 g/mol. The number of hydrogen-bond donors (Lipinski definition) is 2. The maximum atomic E-state index is 13.4. The van der Waals surface area contributed by atoms with Crippen LogP contribution in [0.25, 0.3) is 0 Å². The summed E-state index contributed by atoms with van der Waals surface area (Å²) in [5.74, 6) is -0.305. The van der Waals surface area contributed by atoms with E-state index < -0.39 is 18.2 Å². The maximum Gasteiger partial charge on any atom is 0.411 e. The minimum atomic E-state index is -0.794. The van der Waals surface area contributed by atoms with Crippen LogP contribution in [0.1, 0.15) is 49.0 Å². The highest BCUT2D eigenvalue weighted by atomic mass is 16.6. The largest absolute Gasteiger partial charge is 0.438 e. The summed E-state index contributed by atoms with van der Waals surface area (Å²) in [7, 11) is 0. The van der Waals surface area contributed by atoms with E-state index in [2.05, 4.69) is 15.5 Å². The number of nitrogens with zero attached hydrogens (tertiary/aromatic N) is 2. The molecule has 0 radical (unpaired) electrons. The molecule has 2 atom stereocenters. The first kappa shape index (κ1) is 24.7. The van der Waals surface area contributed by atoms with Crippen molar-refractivity contribution >= 4 is 23.6 Å². The molecule has 2 aliphatic heterocycles. The van der Waals surface area contributed by atoms with E-state index >= 15 is 0 Å². The Bertz CT molecular complexity index is 1050. The van der Waals surface area contributed by atoms with Gasteiger partial charge in [0.25, 0.3) is 0 Å². The van der Waals surface area contributed by atoms with E-state index in [-0.39, 0.29) is 18.4 Å². The smallest absolute Gasteiger partial charge is 0.411 e. The van der Waals surface area contributed by atoms with Gasteiger partial charge in [0.15, 0.2) is 12.1 Å². The van der Waals surface area contributed by atoms with Gasteiger partial charge in [-0.3, -0.25) is 14.5 Å². The molecule has 2 saturated heterocycles. The van der Waals surface area contributed by atoms with E-state index in [1.807, 2.05) is 31.2 Å². The molecule has 8 heteroatoms. The van der Waals surface area contributed by atoms with Crippen LogP contribution in [-0.2, 0) is 20.9 Å². The average molecular weight is 479 g/mol. The highest BCUT2D eigenvalue weighted by Crippen LogP contribution is 2.34. The fraction of sp³-hybridized carbons (Fsp3) is 0.444. The Morgan fingerprint density at radius 2 is 1.83 bits per heavy atom. The van der Waals surface area contributed by atoms with Crippen LogP contribution in [0.15, 0.2) is 48.5 Å².